The van der Waals surface area contributed by atoms with Gasteiger partial charge in [0, 0.05) is 37.8 Å². The van der Waals surface area contributed by atoms with Crippen molar-refractivity contribution in [2.45, 2.75) is 63.0 Å². The summed E-state index contributed by atoms with van der Waals surface area (Å²) in [5, 5.41) is 12.8. The van der Waals surface area contributed by atoms with Crippen LogP contribution in [0.25, 0.3) is 0 Å². The highest BCUT2D eigenvalue weighted by atomic mass is 16.5. The minimum Gasteiger partial charge on any atom is -0.443 e. The lowest BCUT2D eigenvalue weighted by Gasteiger charge is -2.31. The molecule has 2 aromatic rings. The number of aryl methyl sites for hydroxylation is 1. The van der Waals surface area contributed by atoms with Crippen molar-refractivity contribution in [3.63, 3.8) is 0 Å². The monoisotopic (exact) mass is 495 g/mol. The smallest absolute Gasteiger partial charge is 0.408 e. The standard InChI is InChI=1S/C26H33N5O5/c1-31-19(9-12-27-31)16-36-25(34)30-22(17-5-3-2-4-6-17)23(32)28-18-7-8-20-21(15-18)29-24(33)26(20)10-13-35-14-11-26/h7-9,12,15,17,22H,2-6,10-11,13-14,16H2,1H3,(H,28,32)(H,29,33)(H,30,34). The van der Waals surface area contributed by atoms with Gasteiger partial charge in [0.05, 0.1) is 11.1 Å². The summed E-state index contributed by atoms with van der Waals surface area (Å²) < 4.78 is 12.5. The summed E-state index contributed by atoms with van der Waals surface area (Å²) in [5.41, 5.74) is 2.45. The number of hydrogen-bond donors (Lipinski definition) is 3. The van der Waals surface area contributed by atoms with E-state index in [1.807, 2.05) is 12.1 Å². The molecule has 1 saturated heterocycles. The van der Waals surface area contributed by atoms with Crippen molar-refractivity contribution in [1.82, 2.24) is 15.1 Å². The molecule has 3 N–H and O–H groups in total. The van der Waals surface area contributed by atoms with Gasteiger partial charge in [0.25, 0.3) is 0 Å². The molecule has 2 fully saturated rings. The zero-order chi connectivity index (χ0) is 25.1. The zero-order valence-electron chi connectivity index (χ0n) is 20.5. The minimum atomic E-state index is -0.714. The van der Waals surface area contributed by atoms with Crippen LogP contribution in [-0.2, 0) is 38.1 Å². The Balaban J connectivity index is 1.28. The van der Waals surface area contributed by atoms with Crippen LogP contribution in [-0.4, -0.2) is 46.9 Å². The second-order valence-corrected chi connectivity index (χ2v) is 9.94. The largest absolute Gasteiger partial charge is 0.443 e. The lowest BCUT2D eigenvalue weighted by Crippen LogP contribution is -2.49. The average Bonchev–Trinajstić information content (AvgIpc) is 3.42. The van der Waals surface area contributed by atoms with E-state index in [1.54, 1.807) is 30.1 Å². The Labute approximate surface area is 210 Å². The van der Waals surface area contributed by atoms with Crippen molar-refractivity contribution in [2.75, 3.05) is 23.8 Å². The molecule has 36 heavy (non-hydrogen) atoms. The predicted octanol–water partition coefficient (Wildman–Crippen LogP) is 3.23. The number of alkyl carbamates (subject to hydrolysis) is 1. The zero-order valence-corrected chi connectivity index (χ0v) is 20.5. The first-order valence-corrected chi connectivity index (χ1v) is 12.7. The van der Waals surface area contributed by atoms with Crippen LogP contribution in [0.1, 0.15) is 56.2 Å². The Morgan fingerprint density at radius 1 is 1.22 bits per heavy atom. The van der Waals surface area contributed by atoms with E-state index in [-0.39, 0.29) is 24.3 Å². The maximum atomic E-state index is 13.4. The Morgan fingerprint density at radius 2 is 2.00 bits per heavy atom. The molecule has 3 amide bonds. The van der Waals surface area contributed by atoms with Crippen LogP contribution in [0.5, 0.6) is 0 Å². The van der Waals surface area contributed by atoms with Gasteiger partial charge in [0.15, 0.2) is 0 Å². The van der Waals surface area contributed by atoms with Gasteiger partial charge < -0.3 is 25.4 Å². The number of carbonyl (C=O) groups excluding carboxylic acids is 3. The molecule has 1 spiro atoms. The van der Waals surface area contributed by atoms with Gasteiger partial charge in [-0.15, -0.1) is 0 Å². The highest BCUT2D eigenvalue weighted by Gasteiger charge is 2.47. The summed E-state index contributed by atoms with van der Waals surface area (Å²) in [7, 11) is 1.78. The summed E-state index contributed by atoms with van der Waals surface area (Å²) in [6, 6.07) is 6.60. The minimum absolute atomic E-state index is 0.0119. The predicted molar refractivity (Wildman–Crippen MR) is 132 cm³/mol. The van der Waals surface area contributed by atoms with Gasteiger partial charge in [-0.2, -0.15) is 5.10 Å². The summed E-state index contributed by atoms with van der Waals surface area (Å²) in [6.07, 6.45) is 7.21. The molecule has 192 valence electrons. The average molecular weight is 496 g/mol. The maximum absolute atomic E-state index is 13.4. The number of carbonyl (C=O) groups is 3. The third-order valence-electron chi connectivity index (χ3n) is 7.78. The molecule has 3 heterocycles. The molecule has 1 aliphatic carbocycles. The topological polar surface area (TPSA) is 124 Å². The lowest BCUT2D eigenvalue weighted by atomic mass is 9.75. The third kappa shape index (κ3) is 4.82. The van der Waals surface area contributed by atoms with Crippen molar-refractivity contribution < 1.29 is 23.9 Å². The molecule has 0 radical (unpaired) electrons. The van der Waals surface area contributed by atoms with E-state index in [9.17, 15) is 14.4 Å². The van der Waals surface area contributed by atoms with Gasteiger partial charge in [-0.05, 0) is 55.4 Å². The van der Waals surface area contributed by atoms with Gasteiger partial charge in [-0.3, -0.25) is 14.3 Å². The number of anilines is 2. The molecule has 1 unspecified atom stereocenters. The number of nitrogens with zero attached hydrogens (tertiary/aromatic N) is 2. The molecule has 1 aromatic carbocycles. The van der Waals surface area contributed by atoms with Gasteiger partial charge >= 0.3 is 6.09 Å². The fourth-order valence-corrected chi connectivity index (χ4v) is 5.66. The fraction of sp³-hybridized carbons (Fsp3) is 0.538. The van der Waals surface area contributed by atoms with Crippen molar-refractivity contribution in [2.24, 2.45) is 13.0 Å². The van der Waals surface area contributed by atoms with Crippen molar-refractivity contribution >= 4 is 29.3 Å². The van der Waals surface area contributed by atoms with Gasteiger partial charge in [-0.25, -0.2) is 4.79 Å². The highest BCUT2D eigenvalue weighted by Crippen LogP contribution is 2.45. The molecule has 1 atom stereocenters. The normalized spacial score (nSPS) is 19.9. The molecule has 1 aromatic heterocycles. The highest BCUT2D eigenvalue weighted by molar-refractivity contribution is 6.07. The summed E-state index contributed by atoms with van der Waals surface area (Å²) in [5.74, 6) is -0.269. The number of ether oxygens (including phenoxy) is 2. The van der Waals surface area contributed by atoms with Crippen molar-refractivity contribution in [3.05, 3.63) is 41.7 Å². The number of amides is 3. The molecule has 1 saturated carbocycles. The molecule has 10 nitrogen and oxygen atoms in total. The van der Waals surface area contributed by atoms with Crippen LogP contribution in [0.15, 0.2) is 30.5 Å². The van der Waals surface area contributed by atoms with Crippen LogP contribution in [0.3, 0.4) is 0 Å². The molecule has 10 heteroatoms. The van der Waals surface area contributed by atoms with E-state index < -0.39 is 17.6 Å². The first kappa shape index (κ1) is 24.3. The maximum Gasteiger partial charge on any atom is 0.408 e. The fourth-order valence-electron chi connectivity index (χ4n) is 5.66. The van der Waals surface area contributed by atoms with Crippen LogP contribution in [0, 0.1) is 5.92 Å². The SMILES string of the molecule is Cn1nccc1COC(=O)NC(C(=O)Nc1ccc2c(c1)NC(=O)C21CCOCC1)C1CCCCC1. The quantitative estimate of drug-likeness (QED) is 0.565. The Bertz CT molecular complexity index is 1130. The van der Waals surface area contributed by atoms with Gasteiger partial charge in [0.1, 0.15) is 12.6 Å². The van der Waals surface area contributed by atoms with Gasteiger partial charge in [-0.1, -0.05) is 25.3 Å². The number of fused-ring (bicyclic) bond motifs is 2. The van der Waals surface area contributed by atoms with Crippen LogP contribution < -0.4 is 16.0 Å². The van der Waals surface area contributed by atoms with Crippen LogP contribution >= 0.6 is 0 Å². The molecule has 2 aliphatic heterocycles. The molecule has 5 rings (SSSR count). The first-order chi connectivity index (χ1) is 17.5. The van der Waals surface area contributed by atoms with E-state index in [0.717, 1.165) is 49.0 Å². The number of benzene rings is 1. The van der Waals surface area contributed by atoms with E-state index in [2.05, 4.69) is 21.0 Å². The van der Waals surface area contributed by atoms with E-state index in [1.165, 1.54) is 0 Å². The number of aromatic nitrogens is 2. The second kappa shape index (κ2) is 10.3. The van der Waals surface area contributed by atoms with Gasteiger partial charge in [0.2, 0.25) is 11.8 Å². The molecular formula is C26H33N5O5. The third-order valence-corrected chi connectivity index (χ3v) is 7.78. The van der Waals surface area contributed by atoms with Crippen molar-refractivity contribution in [3.8, 4) is 0 Å². The Hall–Kier alpha value is -3.40. The Kier molecular flexibility index (Phi) is 6.95. The van der Waals surface area contributed by atoms with E-state index in [0.29, 0.717) is 31.7 Å². The summed E-state index contributed by atoms with van der Waals surface area (Å²) in [4.78, 5) is 38.8. The van der Waals surface area contributed by atoms with Crippen LogP contribution in [0.2, 0.25) is 0 Å². The van der Waals surface area contributed by atoms with E-state index in [4.69, 9.17) is 9.47 Å². The Morgan fingerprint density at radius 3 is 2.72 bits per heavy atom. The van der Waals surface area contributed by atoms with Crippen LogP contribution in [0.4, 0.5) is 16.2 Å². The number of hydrogen-bond acceptors (Lipinski definition) is 6. The molecule has 3 aliphatic rings. The number of rotatable bonds is 6. The second-order valence-electron chi connectivity index (χ2n) is 9.94. The number of nitrogens with one attached hydrogen (secondary N) is 3. The van der Waals surface area contributed by atoms with E-state index >= 15 is 0 Å². The van der Waals surface area contributed by atoms with Crippen molar-refractivity contribution in [1.29, 1.82) is 0 Å². The summed E-state index contributed by atoms with van der Waals surface area (Å²) in [6.45, 7) is 1.17. The molecular weight excluding hydrogens is 462 g/mol. The first-order valence-electron chi connectivity index (χ1n) is 12.7. The molecule has 0 bridgehead atoms. The summed E-state index contributed by atoms with van der Waals surface area (Å²) >= 11 is 0. The lowest BCUT2D eigenvalue weighted by molar-refractivity contribution is -0.124.